The van der Waals surface area contributed by atoms with Crippen molar-refractivity contribution in [2.45, 2.75) is 39.7 Å². The van der Waals surface area contributed by atoms with Crippen LogP contribution in [0.3, 0.4) is 0 Å². The van der Waals surface area contributed by atoms with Gasteiger partial charge in [0.05, 0.1) is 6.42 Å². The standard InChI is InChI=1S/C17H26N2O/c1-4-15(3)18-9-11-19(12-10-18)17(20)13-16-7-5-14(2)6-8-16/h5-8,15H,4,9-13H2,1-3H3. The van der Waals surface area contributed by atoms with Crippen molar-refractivity contribution in [3.8, 4) is 0 Å². The van der Waals surface area contributed by atoms with Crippen molar-refractivity contribution in [2.24, 2.45) is 0 Å². The van der Waals surface area contributed by atoms with Crippen molar-refractivity contribution in [1.82, 2.24) is 9.80 Å². The van der Waals surface area contributed by atoms with Crippen LogP contribution >= 0.6 is 0 Å². The van der Waals surface area contributed by atoms with Gasteiger partial charge in [-0.2, -0.15) is 0 Å². The molecule has 1 amide bonds. The van der Waals surface area contributed by atoms with Crippen molar-refractivity contribution in [3.05, 3.63) is 35.4 Å². The summed E-state index contributed by atoms with van der Waals surface area (Å²) in [5.74, 6) is 0.262. The fraction of sp³-hybridized carbons (Fsp3) is 0.588. The molecule has 0 radical (unpaired) electrons. The Balaban J connectivity index is 1.84. The van der Waals surface area contributed by atoms with E-state index in [1.54, 1.807) is 0 Å². The van der Waals surface area contributed by atoms with Crippen LogP contribution in [-0.2, 0) is 11.2 Å². The molecule has 1 aromatic carbocycles. The van der Waals surface area contributed by atoms with Gasteiger partial charge in [0, 0.05) is 32.2 Å². The van der Waals surface area contributed by atoms with Gasteiger partial charge in [0.2, 0.25) is 5.91 Å². The van der Waals surface area contributed by atoms with Crippen molar-refractivity contribution >= 4 is 5.91 Å². The molecule has 1 aliphatic rings. The molecule has 0 N–H and O–H groups in total. The van der Waals surface area contributed by atoms with Gasteiger partial charge in [0.15, 0.2) is 0 Å². The van der Waals surface area contributed by atoms with Crippen LogP contribution in [-0.4, -0.2) is 47.9 Å². The number of amides is 1. The van der Waals surface area contributed by atoms with Gasteiger partial charge in [0.1, 0.15) is 0 Å². The third kappa shape index (κ3) is 3.83. The Kier molecular flexibility index (Phi) is 5.18. The maximum Gasteiger partial charge on any atom is 0.227 e. The number of carbonyl (C=O) groups excluding carboxylic acids is 1. The topological polar surface area (TPSA) is 23.6 Å². The van der Waals surface area contributed by atoms with Gasteiger partial charge in [-0.3, -0.25) is 9.69 Å². The Morgan fingerprint density at radius 1 is 1.15 bits per heavy atom. The molecule has 1 unspecified atom stereocenters. The van der Waals surface area contributed by atoms with Crippen LogP contribution in [0.2, 0.25) is 0 Å². The molecular weight excluding hydrogens is 248 g/mol. The van der Waals surface area contributed by atoms with Crippen LogP contribution in [0.1, 0.15) is 31.4 Å². The minimum absolute atomic E-state index is 0.262. The Morgan fingerprint density at radius 3 is 2.30 bits per heavy atom. The summed E-state index contributed by atoms with van der Waals surface area (Å²) in [6.45, 7) is 10.3. The molecular formula is C17H26N2O. The highest BCUT2D eigenvalue weighted by atomic mass is 16.2. The summed E-state index contributed by atoms with van der Waals surface area (Å²) in [6, 6.07) is 8.89. The normalized spacial score (nSPS) is 18.1. The third-order valence-electron chi connectivity index (χ3n) is 4.36. The molecule has 1 saturated heterocycles. The number of nitrogens with zero attached hydrogens (tertiary/aromatic N) is 2. The van der Waals surface area contributed by atoms with Crippen molar-refractivity contribution in [1.29, 1.82) is 0 Å². The first-order valence-electron chi connectivity index (χ1n) is 7.67. The molecule has 1 atom stereocenters. The Labute approximate surface area is 122 Å². The highest BCUT2D eigenvalue weighted by Crippen LogP contribution is 2.11. The second-order valence-electron chi connectivity index (χ2n) is 5.84. The smallest absolute Gasteiger partial charge is 0.227 e. The van der Waals surface area contributed by atoms with Crippen molar-refractivity contribution in [3.63, 3.8) is 0 Å². The number of benzene rings is 1. The van der Waals surface area contributed by atoms with Crippen LogP contribution in [0.25, 0.3) is 0 Å². The molecule has 3 nitrogen and oxygen atoms in total. The molecule has 1 fully saturated rings. The summed E-state index contributed by atoms with van der Waals surface area (Å²) in [6.07, 6.45) is 1.71. The summed E-state index contributed by atoms with van der Waals surface area (Å²) in [4.78, 5) is 16.8. The van der Waals surface area contributed by atoms with E-state index in [0.717, 1.165) is 31.7 Å². The monoisotopic (exact) mass is 274 g/mol. The van der Waals surface area contributed by atoms with Gasteiger partial charge >= 0.3 is 0 Å². The van der Waals surface area contributed by atoms with Gasteiger partial charge in [-0.25, -0.2) is 0 Å². The molecule has 2 rings (SSSR count). The van der Waals surface area contributed by atoms with Crippen LogP contribution in [0, 0.1) is 6.92 Å². The Bertz CT molecular complexity index is 433. The quantitative estimate of drug-likeness (QED) is 0.842. The average Bonchev–Trinajstić information content (AvgIpc) is 2.49. The lowest BCUT2D eigenvalue weighted by Crippen LogP contribution is -2.51. The lowest BCUT2D eigenvalue weighted by molar-refractivity contribution is -0.132. The molecule has 1 aliphatic heterocycles. The Morgan fingerprint density at radius 2 is 1.75 bits per heavy atom. The minimum Gasteiger partial charge on any atom is -0.340 e. The van der Waals surface area contributed by atoms with E-state index in [1.807, 2.05) is 4.90 Å². The molecule has 110 valence electrons. The largest absolute Gasteiger partial charge is 0.340 e. The first kappa shape index (κ1) is 15.0. The predicted molar refractivity (Wildman–Crippen MR) is 82.8 cm³/mol. The summed E-state index contributed by atoms with van der Waals surface area (Å²) in [5.41, 5.74) is 2.35. The first-order chi connectivity index (χ1) is 9.60. The van der Waals surface area contributed by atoms with Gasteiger partial charge in [-0.05, 0) is 25.8 Å². The number of carbonyl (C=O) groups is 1. The van der Waals surface area contributed by atoms with Crippen molar-refractivity contribution < 1.29 is 4.79 Å². The van der Waals surface area contributed by atoms with E-state index < -0.39 is 0 Å². The predicted octanol–water partition coefficient (Wildman–Crippen LogP) is 2.48. The molecule has 3 heteroatoms. The zero-order valence-electron chi connectivity index (χ0n) is 12.9. The van der Waals surface area contributed by atoms with Gasteiger partial charge in [-0.1, -0.05) is 36.8 Å². The molecule has 20 heavy (non-hydrogen) atoms. The number of rotatable bonds is 4. The van der Waals surface area contributed by atoms with E-state index >= 15 is 0 Å². The highest BCUT2D eigenvalue weighted by Gasteiger charge is 2.23. The molecule has 1 heterocycles. The third-order valence-corrected chi connectivity index (χ3v) is 4.36. The first-order valence-corrected chi connectivity index (χ1v) is 7.67. The summed E-state index contributed by atoms with van der Waals surface area (Å²) in [7, 11) is 0. The maximum atomic E-state index is 12.3. The zero-order valence-corrected chi connectivity index (χ0v) is 12.9. The van der Waals surface area contributed by atoms with Gasteiger partial charge < -0.3 is 4.90 Å². The number of hydrogen-bond acceptors (Lipinski definition) is 2. The number of aryl methyl sites for hydroxylation is 1. The summed E-state index contributed by atoms with van der Waals surface area (Å²) >= 11 is 0. The second kappa shape index (κ2) is 6.89. The number of hydrogen-bond donors (Lipinski definition) is 0. The summed E-state index contributed by atoms with van der Waals surface area (Å²) < 4.78 is 0. The molecule has 1 aromatic rings. The van der Waals surface area contributed by atoms with Crippen molar-refractivity contribution in [2.75, 3.05) is 26.2 Å². The summed E-state index contributed by atoms with van der Waals surface area (Å²) in [5, 5.41) is 0. The molecule has 0 aliphatic carbocycles. The molecule has 0 bridgehead atoms. The molecule has 0 spiro atoms. The minimum atomic E-state index is 0.262. The average molecular weight is 274 g/mol. The number of piperazine rings is 1. The van der Waals surface area contributed by atoms with Gasteiger partial charge in [-0.15, -0.1) is 0 Å². The molecule has 0 saturated carbocycles. The lowest BCUT2D eigenvalue weighted by Gasteiger charge is -2.37. The second-order valence-corrected chi connectivity index (χ2v) is 5.84. The fourth-order valence-electron chi connectivity index (χ4n) is 2.66. The van der Waals surface area contributed by atoms with Crippen LogP contribution in [0.5, 0.6) is 0 Å². The highest BCUT2D eigenvalue weighted by molar-refractivity contribution is 5.78. The van der Waals surface area contributed by atoms with E-state index in [0.29, 0.717) is 12.5 Å². The van der Waals surface area contributed by atoms with E-state index in [4.69, 9.17) is 0 Å². The van der Waals surface area contributed by atoms with E-state index in [2.05, 4.69) is 49.9 Å². The van der Waals surface area contributed by atoms with Gasteiger partial charge in [0.25, 0.3) is 0 Å². The van der Waals surface area contributed by atoms with Crippen LogP contribution in [0.15, 0.2) is 24.3 Å². The van der Waals surface area contributed by atoms with Crippen LogP contribution in [0.4, 0.5) is 0 Å². The SMILES string of the molecule is CCC(C)N1CCN(C(=O)Cc2ccc(C)cc2)CC1. The van der Waals surface area contributed by atoms with E-state index in [9.17, 15) is 4.79 Å². The Hall–Kier alpha value is -1.35. The van der Waals surface area contributed by atoms with E-state index in [-0.39, 0.29) is 5.91 Å². The lowest BCUT2D eigenvalue weighted by atomic mass is 10.1. The van der Waals surface area contributed by atoms with Crippen LogP contribution < -0.4 is 0 Å². The van der Waals surface area contributed by atoms with E-state index in [1.165, 1.54) is 12.0 Å². The maximum absolute atomic E-state index is 12.3. The zero-order chi connectivity index (χ0) is 14.5. The molecule has 0 aromatic heterocycles. The fourth-order valence-corrected chi connectivity index (χ4v) is 2.66.